The molecular weight excluding hydrogens is 464 g/mol. The van der Waals surface area contributed by atoms with Gasteiger partial charge in [-0.05, 0) is 61.6 Å². The highest BCUT2D eigenvalue weighted by molar-refractivity contribution is 7.80. The Kier molecular flexibility index (Phi) is 7.70. The zero-order valence-electron chi connectivity index (χ0n) is 21.9. The van der Waals surface area contributed by atoms with Gasteiger partial charge in [-0.25, -0.2) is 0 Å². The number of hydrogen-bond donors (Lipinski definition) is 4. The van der Waals surface area contributed by atoms with E-state index in [1.54, 1.807) is 4.90 Å². The summed E-state index contributed by atoms with van der Waals surface area (Å²) in [6.07, 6.45) is 0.926. The Balaban J connectivity index is 1.78. The van der Waals surface area contributed by atoms with E-state index in [-0.39, 0.29) is 53.4 Å². The van der Waals surface area contributed by atoms with Gasteiger partial charge in [0.25, 0.3) is 0 Å². The lowest BCUT2D eigenvalue weighted by Crippen LogP contribution is -2.61. The van der Waals surface area contributed by atoms with E-state index < -0.39 is 23.5 Å². The van der Waals surface area contributed by atoms with Crippen LogP contribution in [0.2, 0.25) is 0 Å². The number of nitrogens with zero attached hydrogens (tertiary/aromatic N) is 2. The van der Waals surface area contributed by atoms with Crippen LogP contribution in [0.1, 0.15) is 61.3 Å². The Labute approximate surface area is 214 Å². The molecule has 194 valence electrons. The molecule has 0 bridgehead atoms. The number of fused-ring (bicyclic) bond motifs is 1. The van der Waals surface area contributed by atoms with Crippen molar-refractivity contribution in [3.63, 3.8) is 0 Å². The number of piperidine rings is 1. The average molecular weight is 505 g/mol. The molecule has 4 N–H and O–H groups in total. The van der Waals surface area contributed by atoms with Crippen molar-refractivity contribution in [1.82, 2.24) is 26.2 Å². The van der Waals surface area contributed by atoms with Crippen molar-refractivity contribution in [3.8, 4) is 6.07 Å². The number of nitriles is 1. The number of hydrogen-bond acceptors (Lipinski definition) is 5. The van der Waals surface area contributed by atoms with Crippen LogP contribution in [0.4, 0.5) is 0 Å². The second kappa shape index (κ2) is 9.92. The maximum absolute atomic E-state index is 13.9. The molecule has 6 atom stereocenters. The van der Waals surface area contributed by atoms with Crippen molar-refractivity contribution >= 4 is 35.1 Å². The topological polar surface area (TPSA) is 126 Å². The normalized spacial score (nSPS) is 28.4. The highest BCUT2D eigenvalue weighted by atomic mass is 32.1. The highest BCUT2D eigenvalue weighted by Crippen LogP contribution is 2.65. The first-order valence-corrected chi connectivity index (χ1v) is 12.9. The first-order valence-electron chi connectivity index (χ1n) is 12.5. The predicted molar refractivity (Wildman–Crippen MR) is 137 cm³/mol. The molecule has 3 rings (SSSR count). The number of carbonyl (C=O) groups is 3. The number of carbonyl (C=O) groups excluding carboxylic acids is 3. The summed E-state index contributed by atoms with van der Waals surface area (Å²) in [5.74, 6) is -0.596. The van der Waals surface area contributed by atoms with Crippen LogP contribution < -0.4 is 21.3 Å². The number of rotatable bonds is 7. The van der Waals surface area contributed by atoms with Gasteiger partial charge in [-0.1, -0.05) is 34.6 Å². The second-order valence-electron chi connectivity index (χ2n) is 12.2. The summed E-state index contributed by atoms with van der Waals surface area (Å²) in [7, 11) is 0. The third kappa shape index (κ3) is 5.71. The predicted octanol–water partition coefficient (Wildman–Crippen LogP) is 1.29. The van der Waals surface area contributed by atoms with Gasteiger partial charge in [0.2, 0.25) is 17.7 Å². The minimum absolute atomic E-state index is 0.0296. The van der Waals surface area contributed by atoms with Gasteiger partial charge in [0.05, 0.1) is 6.07 Å². The van der Waals surface area contributed by atoms with Gasteiger partial charge in [0.15, 0.2) is 5.11 Å². The number of thiocarbonyl (C=S) groups is 1. The molecule has 0 radical (unpaired) electrons. The lowest BCUT2D eigenvalue weighted by atomic mass is 9.85. The van der Waals surface area contributed by atoms with Crippen molar-refractivity contribution in [2.24, 2.45) is 28.6 Å². The molecule has 3 amide bonds. The molecule has 3 fully saturated rings. The van der Waals surface area contributed by atoms with Gasteiger partial charge in [0.1, 0.15) is 18.1 Å². The lowest BCUT2D eigenvalue weighted by Gasteiger charge is -2.38. The largest absolute Gasteiger partial charge is 0.361 e. The Bertz CT molecular complexity index is 921. The summed E-state index contributed by atoms with van der Waals surface area (Å²) in [6.45, 7) is 15.2. The van der Waals surface area contributed by atoms with E-state index in [1.807, 2.05) is 34.6 Å². The zero-order chi connectivity index (χ0) is 26.3. The Morgan fingerprint density at radius 2 is 1.91 bits per heavy atom. The van der Waals surface area contributed by atoms with E-state index in [0.717, 1.165) is 0 Å². The molecule has 9 nitrogen and oxygen atoms in total. The summed E-state index contributed by atoms with van der Waals surface area (Å²) in [6, 6.07) is 0.194. The van der Waals surface area contributed by atoms with Crippen LogP contribution in [-0.4, -0.2) is 65.0 Å². The van der Waals surface area contributed by atoms with E-state index in [0.29, 0.717) is 24.6 Å². The summed E-state index contributed by atoms with van der Waals surface area (Å²) >= 11 is 5.43. The van der Waals surface area contributed by atoms with Gasteiger partial charge < -0.3 is 26.2 Å². The summed E-state index contributed by atoms with van der Waals surface area (Å²) in [5.41, 5.74) is -0.500. The molecule has 0 aromatic rings. The Morgan fingerprint density at radius 1 is 1.26 bits per heavy atom. The molecule has 0 aromatic heterocycles. The van der Waals surface area contributed by atoms with Crippen molar-refractivity contribution in [3.05, 3.63) is 0 Å². The quantitative estimate of drug-likeness (QED) is 0.385. The molecule has 2 aliphatic heterocycles. The molecule has 1 saturated carbocycles. The fourth-order valence-electron chi connectivity index (χ4n) is 5.62. The van der Waals surface area contributed by atoms with Gasteiger partial charge in [-0.3, -0.25) is 14.4 Å². The maximum atomic E-state index is 13.9. The van der Waals surface area contributed by atoms with Gasteiger partial charge >= 0.3 is 0 Å². The van der Waals surface area contributed by atoms with Crippen molar-refractivity contribution < 1.29 is 14.4 Å². The first-order chi connectivity index (χ1) is 16.2. The van der Waals surface area contributed by atoms with Crippen LogP contribution in [0.15, 0.2) is 0 Å². The van der Waals surface area contributed by atoms with Crippen LogP contribution in [0.25, 0.3) is 0 Å². The smallest absolute Gasteiger partial charge is 0.246 e. The maximum Gasteiger partial charge on any atom is 0.246 e. The van der Waals surface area contributed by atoms with Crippen molar-refractivity contribution in [2.75, 3.05) is 13.1 Å². The molecule has 2 heterocycles. The van der Waals surface area contributed by atoms with Gasteiger partial charge in [0, 0.05) is 25.0 Å². The minimum atomic E-state index is -0.784. The summed E-state index contributed by atoms with van der Waals surface area (Å²) in [5, 5.41) is 22.0. The lowest BCUT2D eigenvalue weighted by molar-refractivity contribution is -0.143. The molecular formula is C25H40N6O3S. The SMILES string of the molecule is CC(C)NC(=S)N[C@H](C(=O)N1C[C@H]2[C@@H]([C@H]1C(=O)N[C@H](C#N)C[C@@H]1CCNC1=O)C2(C)C)C(C)(C)C. The van der Waals surface area contributed by atoms with Gasteiger partial charge in [-0.15, -0.1) is 0 Å². The molecule has 2 saturated heterocycles. The van der Waals surface area contributed by atoms with Crippen LogP contribution >= 0.6 is 12.2 Å². The minimum Gasteiger partial charge on any atom is -0.361 e. The second-order valence-corrected chi connectivity index (χ2v) is 12.6. The molecule has 0 aromatic carbocycles. The fraction of sp³-hybridized carbons (Fsp3) is 0.800. The van der Waals surface area contributed by atoms with Crippen molar-refractivity contribution in [1.29, 1.82) is 5.26 Å². The molecule has 10 heteroatoms. The van der Waals surface area contributed by atoms with Crippen LogP contribution in [-0.2, 0) is 14.4 Å². The van der Waals surface area contributed by atoms with Crippen molar-refractivity contribution in [2.45, 2.75) is 85.5 Å². The van der Waals surface area contributed by atoms with Crippen LogP contribution in [0.3, 0.4) is 0 Å². The monoisotopic (exact) mass is 504 g/mol. The highest BCUT2D eigenvalue weighted by Gasteiger charge is 2.69. The van der Waals surface area contributed by atoms with E-state index in [2.05, 4.69) is 41.2 Å². The van der Waals surface area contributed by atoms with E-state index in [4.69, 9.17) is 12.2 Å². The zero-order valence-corrected chi connectivity index (χ0v) is 22.7. The molecule has 0 unspecified atom stereocenters. The van der Waals surface area contributed by atoms with E-state index in [1.165, 1.54) is 0 Å². The third-order valence-corrected chi connectivity index (χ3v) is 7.96. The summed E-state index contributed by atoms with van der Waals surface area (Å²) in [4.78, 5) is 41.0. The fourth-order valence-corrected chi connectivity index (χ4v) is 5.97. The average Bonchev–Trinajstić information content (AvgIpc) is 3.09. The summed E-state index contributed by atoms with van der Waals surface area (Å²) < 4.78 is 0. The third-order valence-electron chi connectivity index (χ3n) is 7.72. The van der Waals surface area contributed by atoms with Gasteiger partial charge in [-0.2, -0.15) is 5.26 Å². The number of amides is 3. The molecule has 35 heavy (non-hydrogen) atoms. The standard InChI is InChI=1S/C25H40N6O3S/c1-13(2)28-23(35)30-19(24(3,4)5)22(34)31-12-16-17(25(16,6)7)18(31)21(33)29-15(11-26)10-14-8-9-27-20(14)32/h13-19H,8-10,12H2,1-7H3,(H,27,32)(H,29,33)(H2,28,30,35)/t14-,15-,16-,17-,18-,19+/m0/s1. The first kappa shape index (κ1) is 27.2. The molecule has 3 aliphatic rings. The Morgan fingerprint density at radius 3 is 2.43 bits per heavy atom. The van der Waals surface area contributed by atoms with Crippen LogP contribution in [0, 0.1) is 39.9 Å². The van der Waals surface area contributed by atoms with E-state index in [9.17, 15) is 19.6 Å². The van der Waals surface area contributed by atoms with Crippen LogP contribution in [0.5, 0.6) is 0 Å². The molecule has 0 spiro atoms. The molecule has 1 aliphatic carbocycles. The number of likely N-dealkylation sites (tertiary alicyclic amines) is 1. The van der Waals surface area contributed by atoms with E-state index >= 15 is 0 Å². The Hall–Kier alpha value is -2.41. The number of nitrogens with one attached hydrogen (secondary N) is 4.